The zero-order valence-corrected chi connectivity index (χ0v) is 11.0. The Kier molecular flexibility index (Phi) is 2.76. The van der Waals surface area contributed by atoms with Crippen LogP contribution in [0, 0.1) is 0 Å². The van der Waals surface area contributed by atoms with Gasteiger partial charge in [-0.05, 0) is 48.0 Å². The van der Waals surface area contributed by atoms with Gasteiger partial charge in [0.25, 0.3) is 0 Å². The van der Waals surface area contributed by atoms with Crippen molar-refractivity contribution in [3.63, 3.8) is 0 Å². The third-order valence-corrected chi connectivity index (χ3v) is 4.36. The summed E-state index contributed by atoms with van der Waals surface area (Å²) in [6.07, 6.45) is 2.79. The summed E-state index contributed by atoms with van der Waals surface area (Å²) in [6, 6.07) is 4.48. The monoisotopic (exact) mass is 265 g/mol. The second-order valence-corrected chi connectivity index (χ2v) is 5.44. The molecule has 5 heteroatoms. The van der Waals surface area contributed by atoms with Gasteiger partial charge in [0.15, 0.2) is 0 Å². The van der Waals surface area contributed by atoms with Crippen molar-refractivity contribution < 1.29 is 0 Å². The number of fused-ring (bicyclic) bond motifs is 1. The molecule has 0 saturated heterocycles. The van der Waals surface area contributed by atoms with Gasteiger partial charge in [0, 0.05) is 17.6 Å². The number of rotatable bonds is 1. The van der Waals surface area contributed by atoms with E-state index in [0.29, 0.717) is 11.3 Å². The van der Waals surface area contributed by atoms with E-state index >= 15 is 0 Å². The summed E-state index contributed by atoms with van der Waals surface area (Å²) in [5.41, 5.74) is 1.41. The average molecular weight is 266 g/mol. The Hall–Kier alpha value is -1.13. The Balaban J connectivity index is 1.96. The summed E-state index contributed by atoms with van der Waals surface area (Å²) in [4.78, 5) is 12.0. The lowest BCUT2D eigenvalue weighted by atomic mass is 10.0. The molecular weight excluding hydrogens is 254 g/mol. The standard InChI is InChI=1S/C12H12ClN3S/c1-8-9-4-7-17-10(9)3-6-16(8)11-2-5-14-12(13)15-11/h2,4-5,7-8H,3,6H2,1H3. The average Bonchev–Trinajstić information content (AvgIpc) is 2.78. The lowest BCUT2D eigenvalue weighted by Gasteiger charge is -2.34. The van der Waals surface area contributed by atoms with Gasteiger partial charge in [-0.25, -0.2) is 9.97 Å². The molecule has 0 aliphatic carbocycles. The van der Waals surface area contributed by atoms with Gasteiger partial charge < -0.3 is 4.90 Å². The highest BCUT2D eigenvalue weighted by atomic mass is 35.5. The number of thiophene rings is 1. The van der Waals surface area contributed by atoms with Gasteiger partial charge in [-0.1, -0.05) is 0 Å². The van der Waals surface area contributed by atoms with Crippen molar-refractivity contribution in [2.45, 2.75) is 19.4 Å². The molecule has 3 heterocycles. The highest BCUT2D eigenvalue weighted by Crippen LogP contribution is 2.35. The first-order chi connectivity index (χ1) is 8.25. The lowest BCUT2D eigenvalue weighted by molar-refractivity contribution is 0.624. The first-order valence-corrected chi connectivity index (χ1v) is 6.83. The van der Waals surface area contributed by atoms with Crippen molar-refractivity contribution in [2.24, 2.45) is 0 Å². The Morgan fingerprint density at radius 3 is 3.18 bits per heavy atom. The van der Waals surface area contributed by atoms with E-state index in [1.807, 2.05) is 17.4 Å². The predicted molar refractivity (Wildman–Crippen MR) is 70.8 cm³/mol. The molecule has 1 atom stereocenters. The SMILES string of the molecule is CC1c2ccsc2CCN1c1ccnc(Cl)n1. The molecule has 0 amide bonds. The molecule has 1 aliphatic rings. The lowest BCUT2D eigenvalue weighted by Crippen LogP contribution is -2.33. The number of hydrogen-bond donors (Lipinski definition) is 0. The molecule has 0 radical (unpaired) electrons. The molecule has 0 saturated carbocycles. The molecule has 0 bridgehead atoms. The van der Waals surface area contributed by atoms with E-state index < -0.39 is 0 Å². The highest BCUT2D eigenvalue weighted by Gasteiger charge is 2.25. The van der Waals surface area contributed by atoms with Gasteiger partial charge in [0.1, 0.15) is 5.82 Å². The molecule has 3 nitrogen and oxygen atoms in total. The van der Waals surface area contributed by atoms with E-state index in [1.165, 1.54) is 10.4 Å². The largest absolute Gasteiger partial charge is 0.349 e. The van der Waals surface area contributed by atoms with Gasteiger partial charge in [-0.3, -0.25) is 0 Å². The second kappa shape index (κ2) is 4.27. The molecule has 2 aromatic rings. The van der Waals surface area contributed by atoms with E-state index in [2.05, 4.69) is 33.2 Å². The van der Waals surface area contributed by atoms with Crippen LogP contribution < -0.4 is 4.90 Å². The Labute approximate surface area is 109 Å². The van der Waals surface area contributed by atoms with E-state index in [9.17, 15) is 0 Å². The molecule has 2 aromatic heterocycles. The van der Waals surface area contributed by atoms with E-state index in [-0.39, 0.29) is 0 Å². The van der Waals surface area contributed by atoms with Crippen LogP contribution in [-0.2, 0) is 6.42 Å². The molecule has 0 spiro atoms. The fourth-order valence-electron chi connectivity index (χ4n) is 2.31. The van der Waals surface area contributed by atoms with Crippen LogP contribution in [0.4, 0.5) is 5.82 Å². The van der Waals surface area contributed by atoms with Crippen LogP contribution in [0.5, 0.6) is 0 Å². The Morgan fingerprint density at radius 1 is 1.47 bits per heavy atom. The maximum atomic E-state index is 5.84. The van der Waals surface area contributed by atoms with Gasteiger partial charge in [-0.2, -0.15) is 0 Å². The normalized spacial score (nSPS) is 19.2. The van der Waals surface area contributed by atoms with Gasteiger partial charge in [0.05, 0.1) is 6.04 Å². The second-order valence-electron chi connectivity index (χ2n) is 4.10. The highest BCUT2D eigenvalue weighted by molar-refractivity contribution is 7.10. The third kappa shape index (κ3) is 1.91. The summed E-state index contributed by atoms with van der Waals surface area (Å²) in [7, 11) is 0. The van der Waals surface area contributed by atoms with Gasteiger partial charge >= 0.3 is 0 Å². The molecule has 88 valence electrons. The smallest absolute Gasteiger partial charge is 0.224 e. The molecule has 0 aromatic carbocycles. The fraction of sp³-hybridized carbons (Fsp3) is 0.333. The number of anilines is 1. The number of nitrogens with zero attached hydrogens (tertiary/aromatic N) is 3. The van der Waals surface area contributed by atoms with E-state index in [1.54, 1.807) is 6.20 Å². The fourth-order valence-corrected chi connectivity index (χ4v) is 3.41. The van der Waals surface area contributed by atoms with Crippen LogP contribution in [0.15, 0.2) is 23.7 Å². The maximum Gasteiger partial charge on any atom is 0.224 e. The minimum Gasteiger partial charge on any atom is -0.349 e. The Bertz CT molecular complexity index is 540. The first-order valence-electron chi connectivity index (χ1n) is 5.57. The summed E-state index contributed by atoms with van der Waals surface area (Å²) >= 11 is 7.69. The van der Waals surface area contributed by atoms with Gasteiger partial charge in [0.2, 0.25) is 5.28 Å². The zero-order valence-electron chi connectivity index (χ0n) is 9.43. The Morgan fingerprint density at radius 2 is 2.35 bits per heavy atom. The molecule has 3 rings (SSSR count). The van der Waals surface area contributed by atoms with E-state index in [4.69, 9.17) is 11.6 Å². The summed E-state index contributed by atoms with van der Waals surface area (Å²) < 4.78 is 0. The van der Waals surface area contributed by atoms with Crippen LogP contribution in [0.1, 0.15) is 23.4 Å². The molecule has 0 fully saturated rings. The van der Waals surface area contributed by atoms with E-state index in [0.717, 1.165) is 18.8 Å². The molecule has 1 unspecified atom stereocenters. The zero-order chi connectivity index (χ0) is 11.8. The van der Waals surface area contributed by atoms with Crippen molar-refractivity contribution >= 4 is 28.8 Å². The van der Waals surface area contributed by atoms with Crippen molar-refractivity contribution in [1.82, 2.24) is 9.97 Å². The van der Waals surface area contributed by atoms with Crippen molar-refractivity contribution in [2.75, 3.05) is 11.4 Å². The quantitative estimate of drug-likeness (QED) is 0.741. The number of halogens is 1. The minimum atomic E-state index is 0.311. The van der Waals surface area contributed by atoms with Crippen molar-refractivity contribution in [3.8, 4) is 0 Å². The van der Waals surface area contributed by atoms with Crippen LogP contribution >= 0.6 is 22.9 Å². The summed E-state index contributed by atoms with van der Waals surface area (Å²) in [6.45, 7) is 3.20. The summed E-state index contributed by atoms with van der Waals surface area (Å²) in [5.74, 6) is 0.911. The van der Waals surface area contributed by atoms with Crippen LogP contribution in [-0.4, -0.2) is 16.5 Å². The maximum absolute atomic E-state index is 5.84. The molecule has 0 N–H and O–H groups in total. The predicted octanol–water partition coefficient (Wildman–Crippen LogP) is 3.32. The topological polar surface area (TPSA) is 29.0 Å². The molecular formula is C12H12ClN3S. The molecule has 17 heavy (non-hydrogen) atoms. The van der Waals surface area contributed by atoms with Crippen molar-refractivity contribution in [1.29, 1.82) is 0 Å². The van der Waals surface area contributed by atoms with Crippen molar-refractivity contribution in [3.05, 3.63) is 39.4 Å². The van der Waals surface area contributed by atoms with Gasteiger partial charge in [-0.15, -0.1) is 11.3 Å². The number of hydrogen-bond acceptors (Lipinski definition) is 4. The molecule has 1 aliphatic heterocycles. The minimum absolute atomic E-state index is 0.311. The van der Waals surface area contributed by atoms with Crippen LogP contribution in [0.2, 0.25) is 5.28 Å². The summed E-state index contributed by atoms with van der Waals surface area (Å²) in [5, 5.41) is 2.48. The number of aromatic nitrogens is 2. The van der Waals surface area contributed by atoms with Crippen LogP contribution in [0.3, 0.4) is 0 Å². The first kappa shape index (κ1) is 11.0. The third-order valence-electron chi connectivity index (χ3n) is 3.18. The van der Waals surface area contributed by atoms with Crippen LogP contribution in [0.25, 0.3) is 0 Å².